The molecule has 0 aliphatic carbocycles. The van der Waals surface area contributed by atoms with Crippen molar-refractivity contribution in [3.63, 3.8) is 0 Å². The van der Waals surface area contributed by atoms with Crippen LogP contribution >= 0.6 is 0 Å². The SMILES string of the molecule is COc1ccc(-c2nnc(NC3CCN(Cc4ccc(OCCN5CCOCC5)cc4)CC3)c3cc(OC)ccc23)cc1. The molecule has 2 saturated heterocycles. The Hall–Kier alpha value is -3.92. The topological polar surface area (TPSA) is 81.2 Å². The van der Waals surface area contributed by atoms with E-state index in [0.717, 1.165) is 110 Å². The van der Waals surface area contributed by atoms with Gasteiger partial charge in [-0.1, -0.05) is 12.1 Å². The van der Waals surface area contributed by atoms with Gasteiger partial charge < -0.3 is 24.3 Å². The Bertz CT molecular complexity index is 1470. The average Bonchev–Trinajstić information content (AvgIpc) is 3.07. The lowest BCUT2D eigenvalue weighted by molar-refractivity contribution is 0.0322. The maximum absolute atomic E-state index is 5.98. The molecule has 2 aliphatic rings. The zero-order valence-corrected chi connectivity index (χ0v) is 25.1. The lowest BCUT2D eigenvalue weighted by Crippen LogP contribution is -2.39. The summed E-state index contributed by atoms with van der Waals surface area (Å²) in [5, 5.41) is 15.1. The van der Waals surface area contributed by atoms with Crippen LogP contribution in [0.25, 0.3) is 22.0 Å². The number of morpholine rings is 1. The summed E-state index contributed by atoms with van der Waals surface area (Å²) in [5.74, 6) is 3.35. The first-order valence-corrected chi connectivity index (χ1v) is 15.2. The molecule has 0 atom stereocenters. The lowest BCUT2D eigenvalue weighted by atomic mass is 10.0. The Balaban J connectivity index is 1.04. The molecule has 1 N–H and O–H groups in total. The maximum atomic E-state index is 5.98. The fourth-order valence-corrected chi connectivity index (χ4v) is 5.82. The highest BCUT2D eigenvalue weighted by atomic mass is 16.5. The standard InChI is InChI=1S/C34H41N5O4/c1-40-28-9-5-26(6-10-28)33-31-12-11-30(41-2)23-32(31)34(37-36-33)35-27-13-15-39(16-14-27)24-25-3-7-29(8-4-25)43-22-19-38-17-20-42-21-18-38/h3-12,23,27H,13-22,24H2,1-2H3,(H,35,37). The van der Waals surface area contributed by atoms with Crippen molar-refractivity contribution >= 4 is 16.6 Å². The predicted molar refractivity (Wildman–Crippen MR) is 169 cm³/mol. The van der Waals surface area contributed by atoms with E-state index in [1.807, 2.05) is 36.4 Å². The normalized spacial score (nSPS) is 16.7. The summed E-state index contributed by atoms with van der Waals surface area (Å²) in [6, 6.07) is 22.9. The minimum absolute atomic E-state index is 0.328. The van der Waals surface area contributed by atoms with Crippen LogP contribution in [-0.4, -0.2) is 92.8 Å². The molecule has 4 aromatic rings. The summed E-state index contributed by atoms with van der Waals surface area (Å²) in [6.45, 7) is 8.25. The van der Waals surface area contributed by atoms with Crippen molar-refractivity contribution in [2.75, 3.05) is 72.1 Å². The second-order valence-corrected chi connectivity index (χ2v) is 11.2. The number of methoxy groups -OCH3 is 2. The Morgan fingerprint density at radius 2 is 1.47 bits per heavy atom. The van der Waals surface area contributed by atoms with Gasteiger partial charge in [0.25, 0.3) is 0 Å². The molecule has 9 heteroatoms. The first-order chi connectivity index (χ1) is 21.2. The molecule has 43 heavy (non-hydrogen) atoms. The molecular weight excluding hydrogens is 542 g/mol. The van der Waals surface area contributed by atoms with E-state index in [0.29, 0.717) is 12.6 Å². The van der Waals surface area contributed by atoms with Crippen molar-refractivity contribution < 1.29 is 18.9 Å². The van der Waals surface area contributed by atoms with Crippen LogP contribution < -0.4 is 19.5 Å². The molecular formula is C34H41N5O4. The van der Waals surface area contributed by atoms with Crippen LogP contribution in [0.4, 0.5) is 5.82 Å². The molecule has 2 aliphatic heterocycles. The quantitative estimate of drug-likeness (QED) is 0.259. The number of ether oxygens (including phenoxy) is 4. The highest BCUT2D eigenvalue weighted by Crippen LogP contribution is 2.34. The second-order valence-electron chi connectivity index (χ2n) is 11.2. The van der Waals surface area contributed by atoms with Crippen molar-refractivity contribution in [1.29, 1.82) is 0 Å². The van der Waals surface area contributed by atoms with Crippen LogP contribution in [-0.2, 0) is 11.3 Å². The third-order valence-corrected chi connectivity index (χ3v) is 8.39. The summed E-state index contributed by atoms with van der Waals surface area (Å²) >= 11 is 0. The van der Waals surface area contributed by atoms with Gasteiger partial charge in [-0.3, -0.25) is 9.80 Å². The first-order valence-electron chi connectivity index (χ1n) is 15.2. The number of hydrogen-bond donors (Lipinski definition) is 1. The van der Waals surface area contributed by atoms with Gasteiger partial charge in [-0.2, -0.15) is 0 Å². The fraction of sp³-hybridized carbons (Fsp3) is 0.412. The third kappa shape index (κ3) is 7.36. The molecule has 3 heterocycles. The molecule has 0 unspecified atom stereocenters. The van der Waals surface area contributed by atoms with E-state index in [-0.39, 0.29) is 0 Å². The smallest absolute Gasteiger partial charge is 0.156 e. The molecule has 9 nitrogen and oxygen atoms in total. The third-order valence-electron chi connectivity index (χ3n) is 8.39. The van der Waals surface area contributed by atoms with Crippen molar-refractivity contribution in [2.45, 2.75) is 25.4 Å². The van der Waals surface area contributed by atoms with Crippen molar-refractivity contribution in [3.05, 3.63) is 72.3 Å². The van der Waals surface area contributed by atoms with Crippen LogP contribution in [0, 0.1) is 0 Å². The molecule has 2 fully saturated rings. The highest BCUT2D eigenvalue weighted by Gasteiger charge is 2.21. The number of nitrogens with one attached hydrogen (secondary N) is 1. The molecule has 3 aromatic carbocycles. The monoisotopic (exact) mass is 583 g/mol. The molecule has 1 aromatic heterocycles. The number of piperidine rings is 1. The highest BCUT2D eigenvalue weighted by molar-refractivity contribution is 6.00. The van der Waals surface area contributed by atoms with E-state index >= 15 is 0 Å². The average molecular weight is 584 g/mol. The van der Waals surface area contributed by atoms with E-state index in [1.54, 1.807) is 14.2 Å². The Morgan fingerprint density at radius 1 is 0.767 bits per heavy atom. The van der Waals surface area contributed by atoms with Crippen LogP contribution in [0.5, 0.6) is 17.2 Å². The van der Waals surface area contributed by atoms with Crippen molar-refractivity contribution in [1.82, 2.24) is 20.0 Å². The Labute approximate surface area is 253 Å². The number of rotatable bonds is 11. The minimum atomic E-state index is 0.328. The van der Waals surface area contributed by atoms with Gasteiger partial charge in [0.05, 0.1) is 27.4 Å². The summed E-state index contributed by atoms with van der Waals surface area (Å²) in [5.41, 5.74) is 3.15. The summed E-state index contributed by atoms with van der Waals surface area (Å²) in [6.07, 6.45) is 2.08. The van der Waals surface area contributed by atoms with Crippen LogP contribution in [0.2, 0.25) is 0 Å². The van der Waals surface area contributed by atoms with E-state index in [9.17, 15) is 0 Å². The van der Waals surface area contributed by atoms with Gasteiger partial charge in [-0.15, -0.1) is 10.2 Å². The molecule has 0 saturated carbocycles. The zero-order valence-electron chi connectivity index (χ0n) is 25.1. The van der Waals surface area contributed by atoms with Gasteiger partial charge in [0, 0.05) is 61.6 Å². The fourth-order valence-electron chi connectivity index (χ4n) is 5.82. The van der Waals surface area contributed by atoms with Gasteiger partial charge >= 0.3 is 0 Å². The number of aromatic nitrogens is 2. The van der Waals surface area contributed by atoms with Gasteiger partial charge in [0.2, 0.25) is 0 Å². The zero-order chi connectivity index (χ0) is 29.4. The number of nitrogens with zero attached hydrogens (tertiary/aromatic N) is 4. The number of anilines is 1. The molecule has 226 valence electrons. The van der Waals surface area contributed by atoms with Crippen LogP contribution in [0.3, 0.4) is 0 Å². The molecule has 6 rings (SSSR count). The molecule has 0 spiro atoms. The maximum Gasteiger partial charge on any atom is 0.156 e. The minimum Gasteiger partial charge on any atom is -0.497 e. The molecule has 0 bridgehead atoms. The van der Waals surface area contributed by atoms with Crippen molar-refractivity contribution in [3.8, 4) is 28.5 Å². The predicted octanol–water partition coefficient (Wildman–Crippen LogP) is 5.10. The number of hydrogen-bond acceptors (Lipinski definition) is 9. The number of fused-ring (bicyclic) bond motifs is 1. The first kappa shape index (κ1) is 29.2. The van der Waals surface area contributed by atoms with Gasteiger partial charge in [-0.25, -0.2) is 0 Å². The lowest BCUT2D eigenvalue weighted by Gasteiger charge is -2.32. The number of benzene rings is 3. The van der Waals surface area contributed by atoms with Crippen LogP contribution in [0.15, 0.2) is 66.7 Å². The van der Waals surface area contributed by atoms with E-state index < -0.39 is 0 Å². The number of likely N-dealkylation sites (tertiary alicyclic amines) is 1. The van der Waals surface area contributed by atoms with E-state index in [2.05, 4.69) is 55.6 Å². The van der Waals surface area contributed by atoms with Crippen molar-refractivity contribution in [2.24, 2.45) is 0 Å². The van der Waals surface area contributed by atoms with Crippen LogP contribution in [0.1, 0.15) is 18.4 Å². The Kier molecular flexibility index (Phi) is 9.52. The summed E-state index contributed by atoms with van der Waals surface area (Å²) < 4.78 is 22.3. The van der Waals surface area contributed by atoms with Gasteiger partial charge in [-0.05, 0) is 73.0 Å². The second kappa shape index (κ2) is 14.0. The van der Waals surface area contributed by atoms with Gasteiger partial charge in [0.1, 0.15) is 29.5 Å². The summed E-state index contributed by atoms with van der Waals surface area (Å²) in [7, 11) is 3.36. The molecule has 0 amide bonds. The van der Waals surface area contributed by atoms with E-state index in [1.165, 1.54) is 5.56 Å². The van der Waals surface area contributed by atoms with Gasteiger partial charge in [0.15, 0.2) is 5.82 Å². The summed E-state index contributed by atoms with van der Waals surface area (Å²) in [4.78, 5) is 4.91. The Morgan fingerprint density at radius 3 is 2.19 bits per heavy atom. The molecule has 0 radical (unpaired) electrons. The van der Waals surface area contributed by atoms with E-state index in [4.69, 9.17) is 18.9 Å². The largest absolute Gasteiger partial charge is 0.497 e.